The van der Waals surface area contributed by atoms with E-state index in [-0.39, 0.29) is 0 Å². The molecule has 2 nitrogen and oxygen atoms in total. The van der Waals surface area contributed by atoms with Gasteiger partial charge in [-0.2, -0.15) is 5.26 Å². The Morgan fingerprint density at radius 1 is 1.33 bits per heavy atom. The van der Waals surface area contributed by atoms with Gasteiger partial charge in [0.25, 0.3) is 0 Å². The minimum absolute atomic E-state index is 0.309. The van der Waals surface area contributed by atoms with Gasteiger partial charge in [0.05, 0.1) is 11.6 Å². The van der Waals surface area contributed by atoms with E-state index in [9.17, 15) is 0 Å². The number of nitriles is 1. The molecule has 0 aromatic rings. The van der Waals surface area contributed by atoms with Gasteiger partial charge in [-0.05, 0) is 19.3 Å². The zero-order chi connectivity index (χ0) is 6.69. The first-order chi connectivity index (χ1) is 4.34. The molecule has 1 rings (SSSR count). The fraction of sp³-hybridized carbons (Fsp3) is 0.571. The van der Waals surface area contributed by atoms with Crippen LogP contribution in [0.15, 0.2) is 11.3 Å². The van der Waals surface area contributed by atoms with Gasteiger partial charge in [-0.1, -0.05) is 0 Å². The van der Waals surface area contributed by atoms with E-state index in [1.165, 1.54) is 0 Å². The van der Waals surface area contributed by atoms with Crippen molar-refractivity contribution in [2.45, 2.75) is 25.7 Å². The van der Waals surface area contributed by atoms with E-state index in [2.05, 4.69) is 0 Å². The Bertz CT molecular complexity index is 176. The van der Waals surface area contributed by atoms with Crippen molar-refractivity contribution in [2.24, 2.45) is 0 Å². The standard InChI is InChI=1S/C7H9NO/c8-5-6-3-1-2-4-7(6)9/h9H,1-4H2. The topological polar surface area (TPSA) is 44.0 Å². The van der Waals surface area contributed by atoms with Crippen LogP contribution in [-0.4, -0.2) is 5.11 Å². The number of hydrogen-bond acceptors (Lipinski definition) is 2. The summed E-state index contributed by atoms with van der Waals surface area (Å²) in [4.78, 5) is 0. The predicted molar refractivity (Wildman–Crippen MR) is 33.7 cm³/mol. The summed E-state index contributed by atoms with van der Waals surface area (Å²) in [5, 5.41) is 17.4. The van der Waals surface area contributed by atoms with Crippen molar-refractivity contribution < 1.29 is 5.11 Å². The van der Waals surface area contributed by atoms with Gasteiger partial charge in [0, 0.05) is 6.42 Å². The largest absolute Gasteiger partial charge is 0.511 e. The molecule has 48 valence electrons. The minimum Gasteiger partial charge on any atom is -0.511 e. The summed E-state index contributed by atoms with van der Waals surface area (Å²) in [5.41, 5.74) is 0.584. The fourth-order valence-electron chi connectivity index (χ4n) is 1.01. The van der Waals surface area contributed by atoms with Gasteiger partial charge in [0.15, 0.2) is 0 Å². The summed E-state index contributed by atoms with van der Waals surface area (Å²) in [6.45, 7) is 0. The van der Waals surface area contributed by atoms with Crippen LogP contribution in [-0.2, 0) is 0 Å². The minimum atomic E-state index is 0.309. The lowest BCUT2D eigenvalue weighted by Crippen LogP contribution is -1.96. The number of nitrogens with zero attached hydrogens (tertiary/aromatic N) is 1. The highest BCUT2D eigenvalue weighted by molar-refractivity contribution is 5.25. The summed E-state index contributed by atoms with van der Waals surface area (Å²) >= 11 is 0. The monoisotopic (exact) mass is 123 g/mol. The Morgan fingerprint density at radius 2 is 2.00 bits per heavy atom. The Hall–Kier alpha value is -0.970. The zero-order valence-corrected chi connectivity index (χ0v) is 5.22. The first-order valence-corrected chi connectivity index (χ1v) is 3.15. The van der Waals surface area contributed by atoms with Crippen LogP contribution in [0.2, 0.25) is 0 Å². The van der Waals surface area contributed by atoms with Crippen LogP contribution in [0, 0.1) is 11.3 Å². The Balaban J connectivity index is 2.74. The maximum absolute atomic E-state index is 9.03. The maximum Gasteiger partial charge on any atom is 0.106 e. The van der Waals surface area contributed by atoms with Gasteiger partial charge in [0.2, 0.25) is 0 Å². The van der Waals surface area contributed by atoms with E-state index in [4.69, 9.17) is 10.4 Å². The van der Waals surface area contributed by atoms with Crippen LogP contribution in [0.3, 0.4) is 0 Å². The van der Waals surface area contributed by atoms with E-state index in [1.807, 2.05) is 6.07 Å². The highest BCUT2D eigenvalue weighted by Crippen LogP contribution is 2.21. The number of rotatable bonds is 0. The van der Waals surface area contributed by atoms with Gasteiger partial charge in [-0.3, -0.25) is 0 Å². The Kier molecular flexibility index (Phi) is 1.74. The predicted octanol–water partition coefficient (Wildman–Crippen LogP) is 1.90. The third-order valence-corrected chi connectivity index (χ3v) is 1.57. The van der Waals surface area contributed by atoms with E-state index in [1.54, 1.807) is 0 Å². The van der Waals surface area contributed by atoms with Crippen LogP contribution in [0.25, 0.3) is 0 Å². The van der Waals surface area contributed by atoms with Crippen LogP contribution in [0.4, 0.5) is 0 Å². The number of aliphatic hydroxyl groups is 1. The molecule has 0 saturated carbocycles. The SMILES string of the molecule is N#CC1=C(O)CCCC1. The second-order valence-electron chi connectivity index (χ2n) is 2.24. The van der Waals surface area contributed by atoms with E-state index >= 15 is 0 Å². The summed E-state index contributed by atoms with van der Waals surface area (Å²) in [6, 6.07) is 1.98. The van der Waals surface area contributed by atoms with E-state index in [0.29, 0.717) is 17.8 Å². The van der Waals surface area contributed by atoms with Crippen molar-refractivity contribution in [3.05, 3.63) is 11.3 Å². The molecule has 0 saturated heterocycles. The summed E-state index contributed by atoms with van der Waals surface area (Å²) in [6.07, 6.45) is 3.54. The van der Waals surface area contributed by atoms with E-state index in [0.717, 1.165) is 19.3 Å². The molecule has 0 amide bonds. The molecule has 2 heteroatoms. The van der Waals surface area contributed by atoms with Crippen LogP contribution < -0.4 is 0 Å². The summed E-state index contributed by atoms with van der Waals surface area (Å²) in [5.74, 6) is 0.309. The Labute approximate surface area is 54.4 Å². The van der Waals surface area contributed by atoms with Crippen molar-refractivity contribution in [1.82, 2.24) is 0 Å². The lowest BCUT2D eigenvalue weighted by Gasteiger charge is -2.08. The molecule has 0 heterocycles. The molecular weight excluding hydrogens is 114 g/mol. The highest BCUT2D eigenvalue weighted by Gasteiger charge is 2.09. The third kappa shape index (κ3) is 1.23. The van der Waals surface area contributed by atoms with Crippen molar-refractivity contribution in [3.8, 4) is 6.07 Å². The molecule has 0 atom stereocenters. The maximum atomic E-state index is 9.03. The molecule has 0 unspecified atom stereocenters. The average molecular weight is 123 g/mol. The molecule has 0 aromatic carbocycles. The molecule has 0 fully saturated rings. The number of allylic oxidation sites excluding steroid dienone is 2. The van der Waals surface area contributed by atoms with Gasteiger partial charge in [0.1, 0.15) is 5.76 Å². The number of hydrogen-bond donors (Lipinski definition) is 1. The van der Waals surface area contributed by atoms with Gasteiger partial charge in [-0.15, -0.1) is 0 Å². The average Bonchev–Trinajstić information content (AvgIpc) is 1.89. The van der Waals surface area contributed by atoms with Gasteiger partial charge >= 0.3 is 0 Å². The summed E-state index contributed by atoms with van der Waals surface area (Å²) < 4.78 is 0. The first-order valence-electron chi connectivity index (χ1n) is 3.15. The number of aliphatic hydroxyl groups excluding tert-OH is 1. The second-order valence-corrected chi connectivity index (χ2v) is 2.24. The quantitative estimate of drug-likeness (QED) is 0.534. The van der Waals surface area contributed by atoms with Crippen LogP contribution >= 0.6 is 0 Å². The molecule has 0 spiro atoms. The molecule has 1 N–H and O–H groups in total. The molecular formula is C7H9NO. The second kappa shape index (κ2) is 2.54. The molecule has 0 radical (unpaired) electrons. The molecule has 0 aliphatic heterocycles. The van der Waals surface area contributed by atoms with Crippen molar-refractivity contribution in [2.75, 3.05) is 0 Å². The highest BCUT2D eigenvalue weighted by atomic mass is 16.3. The molecule has 9 heavy (non-hydrogen) atoms. The Morgan fingerprint density at radius 3 is 2.44 bits per heavy atom. The van der Waals surface area contributed by atoms with Gasteiger partial charge in [-0.25, -0.2) is 0 Å². The zero-order valence-electron chi connectivity index (χ0n) is 5.22. The third-order valence-electron chi connectivity index (χ3n) is 1.57. The van der Waals surface area contributed by atoms with Crippen LogP contribution in [0.5, 0.6) is 0 Å². The molecule has 1 aliphatic rings. The summed E-state index contributed by atoms with van der Waals surface area (Å²) in [7, 11) is 0. The van der Waals surface area contributed by atoms with Crippen LogP contribution in [0.1, 0.15) is 25.7 Å². The molecule has 0 bridgehead atoms. The van der Waals surface area contributed by atoms with E-state index < -0.39 is 0 Å². The first kappa shape index (κ1) is 6.15. The lowest BCUT2D eigenvalue weighted by atomic mass is 9.99. The normalized spacial score (nSPS) is 19.4. The van der Waals surface area contributed by atoms with Crippen molar-refractivity contribution >= 4 is 0 Å². The smallest absolute Gasteiger partial charge is 0.106 e. The van der Waals surface area contributed by atoms with Crippen molar-refractivity contribution in [1.29, 1.82) is 5.26 Å². The fourth-order valence-corrected chi connectivity index (χ4v) is 1.01. The molecule has 0 aromatic heterocycles. The lowest BCUT2D eigenvalue weighted by molar-refractivity contribution is 0.363. The van der Waals surface area contributed by atoms with Gasteiger partial charge < -0.3 is 5.11 Å². The van der Waals surface area contributed by atoms with Crippen molar-refractivity contribution in [3.63, 3.8) is 0 Å². The molecule has 1 aliphatic carbocycles.